The molecule has 4 rings (SSSR count). The van der Waals surface area contributed by atoms with Gasteiger partial charge in [0.05, 0.1) is 42.2 Å². The third kappa shape index (κ3) is 5.36. The monoisotopic (exact) mass is 472 g/mol. The maximum Gasteiger partial charge on any atom is 0.340 e. The Morgan fingerprint density at radius 2 is 1.82 bits per heavy atom. The van der Waals surface area contributed by atoms with Crippen molar-refractivity contribution in [1.29, 1.82) is 0 Å². The van der Waals surface area contributed by atoms with E-state index >= 15 is 0 Å². The highest BCUT2D eigenvalue weighted by Crippen LogP contribution is 2.27. The number of carbonyl (C=O) groups is 2. The standard InChI is InChI=1S/C24H28N2O6S/c1-31-24(28)21-16-19(26-10-12-32-13-11-26)6-8-22(21)25-23(27)9-14-33(29,30)20-7-5-17-3-2-4-18(17)15-20/h5-8,15-16H,2-4,9-14H2,1H3,(H,25,27). The molecule has 0 bridgehead atoms. The van der Waals surface area contributed by atoms with Crippen LogP contribution in [0.15, 0.2) is 41.3 Å². The number of rotatable bonds is 7. The molecule has 1 heterocycles. The number of methoxy groups -OCH3 is 1. The summed E-state index contributed by atoms with van der Waals surface area (Å²) in [6.45, 7) is 2.61. The number of anilines is 2. The number of nitrogens with one attached hydrogen (secondary N) is 1. The lowest BCUT2D eigenvalue weighted by Crippen LogP contribution is -2.36. The third-order valence-corrected chi connectivity index (χ3v) is 7.80. The summed E-state index contributed by atoms with van der Waals surface area (Å²) in [5.41, 5.74) is 3.61. The van der Waals surface area contributed by atoms with Crippen molar-refractivity contribution in [3.05, 3.63) is 53.1 Å². The van der Waals surface area contributed by atoms with Gasteiger partial charge in [0.1, 0.15) is 0 Å². The maximum atomic E-state index is 12.8. The molecule has 1 N–H and O–H groups in total. The number of aryl methyl sites for hydroxylation is 2. The summed E-state index contributed by atoms with van der Waals surface area (Å²) < 4.78 is 35.8. The van der Waals surface area contributed by atoms with Crippen molar-refractivity contribution in [2.75, 3.05) is 49.4 Å². The summed E-state index contributed by atoms with van der Waals surface area (Å²) in [6.07, 6.45) is 2.68. The Morgan fingerprint density at radius 3 is 2.58 bits per heavy atom. The van der Waals surface area contributed by atoms with Crippen LogP contribution in [-0.4, -0.2) is 59.5 Å². The zero-order valence-corrected chi connectivity index (χ0v) is 19.4. The first kappa shape index (κ1) is 23.3. The molecular formula is C24H28N2O6S. The lowest BCUT2D eigenvalue weighted by Gasteiger charge is -2.29. The van der Waals surface area contributed by atoms with Crippen LogP contribution in [0, 0.1) is 0 Å². The average molecular weight is 473 g/mol. The minimum Gasteiger partial charge on any atom is -0.465 e. The second-order valence-electron chi connectivity index (χ2n) is 8.22. The van der Waals surface area contributed by atoms with Crippen molar-refractivity contribution in [3.63, 3.8) is 0 Å². The van der Waals surface area contributed by atoms with Crippen molar-refractivity contribution < 1.29 is 27.5 Å². The topological polar surface area (TPSA) is 102 Å². The first-order valence-corrected chi connectivity index (χ1v) is 12.7. The number of esters is 1. The van der Waals surface area contributed by atoms with Gasteiger partial charge in [-0.15, -0.1) is 0 Å². The molecule has 0 radical (unpaired) electrons. The quantitative estimate of drug-likeness (QED) is 0.618. The molecule has 0 spiro atoms. The highest BCUT2D eigenvalue weighted by atomic mass is 32.2. The SMILES string of the molecule is COC(=O)c1cc(N2CCOCC2)ccc1NC(=O)CCS(=O)(=O)c1ccc2c(c1)CCC2. The van der Waals surface area contributed by atoms with Gasteiger partial charge in [-0.3, -0.25) is 4.79 Å². The Kier molecular flexibility index (Phi) is 6.99. The smallest absolute Gasteiger partial charge is 0.340 e. The molecule has 176 valence electrons. The molecule has 2 aromatic rings. The highest BCUT2D eigenvalue weighted by Gasteiger charge is 2.22. The van der Waals surface area contributed by atoms with Crippen molar-refractivity contribution in [1.82, 2.24) is 0 Å². The molecule has 33 heavy (non-hydrogen) atoms. The van der Waals surface area contributed by atoms with E-state index in [-0.39, 0.29) is 22.6 Å². The summed E-state index contributed by atoms with van der Waals surface area (Å²) >= 11 is 0. The number of benzene rings is 2. The Hall–Kier alpha value is -2.91. The molecule has 9 heteroatoms. The van der Waals surface area contributed by atoms with Gasteiger partial charge in [0.2, 0.25) is 5.91 Å². The van der Waals surface area contributed by atoms with Gasteiger partial charge in [0, 0.05) is 25.2 Å². The van der Waals surface area contributed by atoms with Crippen molar-refractivity contribution in [2.24, 2.45) is 0 Å². The van der Waals surface area contributed by atoms with Crippen LogP contribution in [-0.2, 0) is 36.9 Å². The van der Waals surface area contributed by atoms with Gasteiger partial charge in [-0.25, -0.2) is 13.2 Å². The largest absolute Gasteiger partial charge is 0.465 e. The predicted molar refractivity (Wildman–Crippen MR) is 125 cm³/mol. The summed E-state index contributed by atoms with van der Waals surface area (Å²) in [5.74, 6) is -1.37. The van der Waals surface area contributed by atoms with Crippen LogP contribution in [0.3, 0.4) is 0 Å². The number of amides is 1. The number of morpholine rings is 1. The summed E-state index contributed by atoms with van der Waals surface area (Å²) in [7, 11) is -2.32. The number of hydrogen-bond donors (Lipinski definition) is 1. The molecule has 1 aliphatic carbocycles. The number of carbonyl (C=O) groups excluding carboxylic acids is 2. The van der Waals surface area contributed by atoms with E-state index in [0.717, 1.165) is 30.5 Å². The minimum atomic E-state index is -3.59. The molecule has 2 aromatic carbocycles. The van der Waals surface area contributed by atoms with Gasteiger partial charge < -0.3 is 19.7 Å². The molecule has 1 aliphatic heterocycles. The van der Waals surface area contributed by atoms with E-state index in [4.69, 9.17) is 9.47 Å². The van der Waals surface area contributed by atoms with Crippen LogP contribution in [0.4, 0.5) is 11.4 Å². The lowest BCUT2D eigenvalue weighted by atomic mass is 10.1. The number of sulfone groups is 1. The summed E-state index contributed by atoms with van der Waals surface area (Å²) in [6, 6.07) is 10.4. The molecule has 1 amide bonds. The molecule has 0 aromatic heterocycles. The molecule has 1 saturated heterocycles. The number of ether oxygens (including phenoxy) is 2. The van der Waals surface area contributed by atoms with E-state index < -0.39 is 21.7 Å². The second-order valence-corrected chi connectivity index (χ2v) is 10.3. The zero-order valence-electron chi connectivity index (χ0n) is 18.6. The lowest BCUT2D eigenvalue weighted by molar-refractivity contribution is -0.115. The van der Waals surface area contributed by atoms with E-state index in [1.54, 1.807) is 24.3 Å². The average Bonchev–Trinajstić information content (AvgIpc) is 3.31. The minimum absolute atomic E-state index is 0.217. The number of nitrogens with zero attached hydrogens (tertiary/aromatic N) is 1. The van der Waals surface area contributed by atoms with Crippen molar-refractivity contribution in [3.8, 4) is 0 Å². The summed E-state index contributed by atoms with van der Waals surface area (Å²) in [5, 5.41) is 2.67. The van der Waals surface area contributed by atoms with Crippen LogP contribution >= 0.6 is 0 Å². The van der Waals surface area contributed by atoms with Crippen LogP contribution in [0.25, 0.3) is 0 Å². The Bertz CT molecular complexity index is 1160. The highest BCUT2D eigenvalue weighted by molar-refractivity contribution is 7.91. The Balaban J connectivity index is 1.44. The zero-order chi connectivity index (χ0) is 23.4. The van der Waals surface area contributed by atoms with Crippen LogP contribution in [0.5, 0.6) is 0 Å². The van der Waals surface area contributed by atoms with Crippen molar-refractivity contribution >= 4 is 33.1 Å². The number of fused-ring (bicyclic) bond motifs is 1. The van der Waals surface area contributed by atoms with Gasteiger partial charge in [-0.05, 0) is 60.7 Å². The fourth-order valence-corrected chi connectivity index (χ4v) is 5.52. The van der Waals surface area contributed by atoms with Gasteiger partial charge in [-0.1, -0.05) is 6.07 Å². The normalized spacial score (nSPS) is 15.7. The van der Waals surface area contributed by atoms with E-state index in [0.29, 0.717) is 32.0 Å². The molecule has 0 atom stereocenters. The molecule has 8 nitrogen and oxygen atoms in total. The van der Waals surface area contributed by atoms with Gasteiger partial charge in [0.15, 0.2) is 9.84 Å². The Morgan fingerprint density at radius 1 is 1.06 bits per heavy atom. The van der Waals surface area contributed by atoms with E-state index in [1.165, 1.54) is 12.7 Å². The fraction of sp³-hybridized carbons (Fsp3) is 0.417. The van der Waals surface area contributed by atoms with E-state index in [9.17, 15) is 18.0 Å². The molecule has 0 unspecified atom stereocenters. The third-order valence-electron chi connectivity index (χ3n) is 6.09. The van der Waals surface area contributed by atoms with Gasteiger partial charge in [0.25, 0.3) is 0 Å². The van der Waals surface area contributed by atoms with Crippen LogP contribution < -0.4 is 10.2 Å². The van der Waals surface area contributed by atoms with E-state index in [1.807, 2.05) is 12.1 Å². The van der Waals surface area contributed by atoms with Gasteiger partial charge >= 0.3 is 5.97 Å². The molecule has 0 saturated carbocycles. The maximum absolute atomic E-state index is 12.8. The molecular weight excluding hydrogens is 444 g/mol. The van der Waals surface area contributed by atoms with Crippen molar-refractivity contribution in [2.45, 2.75) is 30.6 Å². The first-order valence-electron chi connectivity index (χ1n) is 11.1. The van der Waals surface area contributed by atoms with Crippen LogP contribution in [0.2, 0.25) is 0 Å². The molecule has 2 aliphatic rings. The Labute approximate surface area is 193 Å². The molecule has 1 fully saturated rings. The van der Waals surface area contributed by atoms with Crippen LogP contribution in [0.1, 0.15) is 34.3 Å². The second kappa shape index (κ2) is 9.93. The predicted octanol–water partition coefficient (Wildman–Crippen LogP) is 2.60. The first-order chi connectivity index (χ1) is 15.9. The fourth-order valence-electron chi connectivity index (χ4n) is 4.24. The van der Waals surface area contributed by atoms with E-state index in [2.05, 4.69) is 10.2 Å². The van der Waals surface area contributed by atoms with Gasteiger partial charge in [-0.2, -0.15) is 0 Å². The summed E-state index contributed by atoms with van der Waals surface area (Å²) in [4.78, 5) is 27.2. The number of hydrogen-bond acceptors (Lipinski definition) is 7.